The number of carboxylic acids is 1. The number of pyridine rings is 1. The molecule has 0 saturated carbocycles. The fourth-order valence-corrected chi connectivity index (χ4v) is 1.21. The Morgan fingerprint density at radius 1 is 1.44 bits per heavy atom. The van der Waals surface area contributed by atoms with Crippen molar-refractivity contribution in [1.29, 1.82) is 0 Å². The second-order valence-electron chi connectivity index (χ2n) is 4.97. The van der Waals surface area contributed by atoms with Crippen LogP contribution in [0.5, 0.6) is 0 Å². The first-order valence-electron chi connectivity index (χ1n) is 5.32. The van der Waals surface area contributed by atoms with Gasteiger partial charge in [-0.25, -0.2) is 9.78 Å². The molecule has 0 spiro atoms. The van der Waals surface area contributed by atoms with E-state index in [9.17, 15) is 4.79 Å². The molecule has 0 radical (unpaired) electrons. The van der Waals surface area contributed by atoms with Crippen molar-refractivity contribution in [3.05, 3.63) is 24.0 Å². The number of aromatic carboxylic acids is 1. The predicted octanol–water partition coefficient (Wildman–Crippen LogP) is 2.63. The predicted molar refractivity (Wildman–Crippen MR) is 63.8 cm³/mol. The summed E-state index contributed by atoms with van der Waals surface area (Å²) in [6.45, 7) is 7.40. The van der Waals surface area contributed by atoms with Gasteiger partial charge in [0.15, 0.2) is 0 Å². The Morgan fingerprint density at radius 3 is 2.56 bits per heavy atom. The van der Waals surface area contributed by atoms with Crippen molar-refractivity contribution < 1.29 is 9.90 Å². The number of carbonyl (C=O) groups is 1. The molecule has 88 valence electrons. The maximum absolute atomic E-state index is 10.6. The molecule has 2 N–H and O–H groups in total. The van der Waals surface area contributed by atoms with Crippen molar-refractivity contribution in [2.24, 2.45) is 5.41 Å². The van der Waals surface area contributed by atoms with Gasteiger partial charge in [0.25, 0.3) is 0 Å². The molecule has 0 fully saturated rings. The molecule has 1 rings (SSSR count). The summed E-state index contributed by atoms with van der Waals surface area (Å²) in [4.78, 5) is 14.4. The van der Waals surface area contributed by atoms with Gasteiger partial charge in [-0.2, -0.15) is 0 Å². The number of carboxylic acid groups (broad SMARTS) is 1. The van der Waals surface area contributed by atoms with Crippen molar-refractivity contribution in [1.82, 2.24) is 4.98 Å². The summed E-state index contributed by atoms with van der Waals surface area (Å²) >= 11 is 0. The van der Waals surface area contributed by atoms with Gasteiger partial charge in [0.1, 0.15) is 5.69 Å². The standard InChI is InChI=1S/C12H18N2O2/c1-12(2,3)6-7-13-9-4-5-10(11(15)16)14-8-9/h4-5,8,13H,6-7H2,1-3H3,(H,15,16). The lowest BCUT2D eigenvalue weighted by molar-refractivity contribution is 0.0690. The van der Waals surface area contributed by atoms with E-state index in [4.69, 9.17) is 5.11 Å². The Hall–Kier alpha value is -1.58. The molecule has 0 aliphatic rings. The lowest BCUT2D eigenvalue weighted by Gasteiger charge is -2.18. The van der Waals surface area contributed by atoms with Crippen LogP contribution in [0.4, 0.5) is 5.69 Å². The van der Waals surface area contributed by atoms with Crippen LogP contribution in [0.15, 0.2) is 18.3 Å². The zero-order valence-electron chi connectivity index (χ0n) is 9.95. The number of hydrogen-bond donors (Lipinski definition) is 2. The van der Waals surface area contributed by atoms with Gasteiger partial charge < -0.3 is 10.4 Å². The highest BCUT2D eigenvalue weighted by Crippen LogP contribution is 2.18. The zero-order valence-corrected chi connectivity index (χ0v) is 9.95. The first-order valence-corrected chi connectivity index (χ1v) is 5.32. The molecule has 0 aliphatic heterocycles. The third-order valence-corrected chi connectivity index (χ3v) is 2.19. The Bertz CT molecular complexity index is 352. The highest BCUT2D eigenvalue weighted by atomic mass is 16.4. The molecule has 0 saturated heterocycles. The van der Waals surface area contributed by atoms with Crippen LogP contribution in [0.25, 0.3) is 0 Å². The Kier molecular flexibility index (Phi) is 3.88. The molecule has 0 aromatic carbocycles. The summed E-state index contributed by atoms with van der Waals surface area (Å²) in [7, 11) is 0. The molecule has 0 amide bonds. The van der Waals surface area contributed by atoms with Crippen LogP contribution in [0.3, 0.4) is 0 Å². The topological polar surface area (TPSA) is 62.2 Å². The third kappa shape index (κ3) is 4.29. The van der Waals surface area contributed by atoms with E-state index in [-0.39, 0.29) is 5.69 Å². The Labute approximate surface area is 95.7 Å². The van der Waals surface area contributed by atoms with Crippen molar-refractivity contribution in [3.8, 4) is 0 Å². The van der Waals surface area contributed by atoms with E-state index in [1.807, 2.05) is 0 Å². The van der Waals surface area contributed by atoms with E-state index in [2.05, 4.69) is 31.1 Å². The summed E-state index contributed by atoms with van der Waals surface area (Å²) in [6, 6.07) is 3.24. The second kappa shape index (κ2) is 4.96. The van der Waals surface area contributed by atoms with Crippen LogP contribution >= 0.6 is 0 Å². The largest absolute Gasteiger partial charge is 0.477 e. The molecule has 1 aromatic rings. The minimum Gasteiger partial charge on any atom is -0.477 e. The third-order valence-electron chi connectivity index (χ3n) is 2.19. The highest BCUT2D eigenvalue weighted by Gasteiger charge is 2.09. The van der Waals surface area contributed by atoms with E-state index in [1.54, 1.807) is 12.3 Å². The minimum absolute atomic E-state index is 0.0707. The molecule has 0 atom stereocenters. The van der Waals surface area contributed by atoms with Crippen molar-refractivity contribution >= 4 is 11.7 Å². The molecule has 0 aliphatic carbocycles. The maximum atomic E-state index is 10.6. The van der Waals surface area contributed by atoms with Crippen molar-refractivity contribution in [2.45, 2.75) is 27.2 Å². The van der Waals surface area contributed by atoms with Crippen molar-refractivity contribution in [3.63, 3.8) is 0 Å². The van der Waals surface area contributed by atoms with Gasteiger partial charge >= 0.3 is 5.97 Å². The summed E-state index contributed by atoms with van der Waals surface area (Å²) in [5, 5.41) is 11.9. The number of aromatic nitrogens is 1. The van der Waals surface area contributed by atoms with E-state index in [0.717, 1.165) is 18.7 Å². The number of nitrogens with one attached hydrogen (secondary N) is 1. The van der Waals surface area contributed by atoms with Gasteiger partial charge in [-0.1, -0.05) is 20.8 Å². The normalized spacial score (nSPS) is 11.2. The molecule has 4 nitrogen and oxygen atoms in total. The fourth-order valence-electron chi connectivity index (χ4n) is 1.21. The Morgan fingerprint density at radius 2 is 2.12 bits per heavy atom. The molecular weight excluding hydrogens is 204 g/mol. The molecule has 1 heterocycles. The zero-order chi connectivity index (χ0) is 12.2. The number of anilines is 1. The van der Waals surface area contributed by atoms with E-state index in [0.29, 0.717) is 5.41 Å². The maximum Gasteiger partial charge on any atom is 0.354 e. The SMILES string of the molecule is CC(C)(C)CCNc1ccc(C(=O)O)nc1. The molecular formula is C12H18N2O2. The van der Waals surface area contributed by atoms with Crippen LogP contribution in [-0.2, 0) is 0 Å². The van der Waals surface area contributed by atoms with E-state index >= 15 is 0 Å². The average Bonchev–Trinajstić information content (AvgIpc) is 2.16. The van der Waals surface area contributed by atoms with Gasteiger partial charge in [-0.05, 0) is 24.0 Å². The molecule has 0 unspecified atom stereocenters. The highest BCUT2D eigenvalue weighted by molar-refractivity contribution is 5.85. The van der Waals surface area contributed by atoms with Gasteiger partial charge in [-0.15, -0.1) is 0 Å². The van der Waals surface area contributed by atoms with Gasteiger partial charge in [-0.3, -0.25) is 0 Å². The van der Waals surface area contributed by atoms with Gasteiger partial charge in [0.2, 0.25) is 0 Å². The van der Waals surface area contributed by atoms with Crippen molar-refractivity contribution in [2.75, 3.05) is 11.9 Å². The Balaban J connectivity index is 2.47. The van der Waals surface area contributed by atoms with Gasteiger partial charge in [0.05, 0.1) is 11.9 Å². The quantitative estimate of drug-likeness (QED) is 0.822. The lowest BCUT2D eigenvalue weighted by atomic mass is 9.92. The van der Waals surface area contributed by atoms with E-state index < -0.39 is 5.97 Å². The molecule has 4 heteroatoms. The molecule has 1 aromatic heterocycles. The lowest BCUT2D eigenvalue weighted by Crippen LogP contribution is -2.13. The first-order chi connectivity index (χ1) is 7.38. The number of rotatable bonds is 4. The summed E-state index contributed by atoms with van der Waals surface area (Å²) < 4.78 is 0. The second-order valence-corrected chi connectivity index (χ2v) is 4.97. The van der Waals surface area contributed by atoms with Gasteiger partial charge in [0, 0.05) is 6.54 Å². The minimum atomic E-state index is -0.999. The smallest absolute Gasteiger partial charge is 0.354 e. The summed E-state index contributed by atoms with van der Waals surface area (Å²) in [5.74, 6) is -0.999. The fraction of sp³-hybridized carbons (Fsp3) is 0.500. The summed E-state index contributed by atoms with van der Waals surface area (Å²) in [5.41, 5.74) is 1.22. The van der Waals surface area contributed by atoms with Crippen LogP contribution in [0.2, 0.25) is 0 Å². The van der Waals surface area contributed by atoms with Crippen LogP contribution < -0.4 is 5.32 Å². The monoisotopic (exact) mass is 222 g/mol. The average molecular weight is 222 g/mol. The first kappa shape index (κ1) is 12.5. The molecule has 0 bridgehead atoms. The van der Waals surface area contributed by atoms with Crippen LogP contribution in [-0.4, -0.2) is 22.6 Å². The summed E-state index contributed by atoms with van der Waals surface area (Å²) in [6.07, 6.45) is 2.60. The molecule has 16 heavy (non-hydrogen) atoms. The van der Waals surface area contributed by atoms with Crippen LogP contribution in [0, 0.1) is 5.41 Å². The van der Waals surface area contributed by atoms with E-state index in [1.165, 1.54) is 6.07 Å². The number of nitrogens with zero attached hydrogens (tertiary/aromatic N) is 1. The van der Waals surface area contributed by atoms with Crippen LogP contribution in [0.1, 0.15) is 37.7 Å². The number of hydrogen-bond acceptors (Lipinski definition) is 3.